The standard InChI is InChI=1S/C20H22N2O6S/c1-15(23)17-8-10-18(11-9-17)29(26,27)21-12-20(25)28-14-19(24)22(2)13-16-6-4-3-5-7-16/h3-11,21H,12-14H2,1-2H3. The van der Waals surface area contributed by atoms with Crippen LogP contribution in [0.5, 0.6) is 0 Å². The average molecular weight is 418 g/mol. The van der Waals surface area contributed by atoms with Gasteiger partial charge in [-0.25, -0.2) is 8.42 Å². The molecule has 2 aromatic carbocycles. The van der Waals surface area contributed by atoms with E-state index in [-0.39, 0.29) is 10.7 Å². The summed E-state index contributed by atoms with van der Waals surface area (Å²) < 4.78 is 31.3. The summed E-state index contributed by atoms with van der Waals surface area (Å²) in [4.78, 5) is 36.4. The molecule has 154 valence electrons. The number of amides is 1. The van der Waals surface area contributed by atoms with Crippen LogP contribution in [0.3, 0.4) is 0 Å². The van der Waals surface area contributed by atoms with E-state index in [0.717, 1.165) is 5.56 Å². The van der Waals surface area contributed by atoms with E-state index < -0.39 is 35.1 Å². The van der Waals surface area contributed by atoms with Crippen LogP contribution < -0.4 is 4.72 Å². The van der Waals surface area contributed by atoms with Crippen LogP contribution >= 0.6 is 0 Å². The molecule has 0 aliphatic carbocycles. The Kier molecular flexibility index (Phi) is 7.63. The van der Waals surface area contributed by atoms with E-state index in [4.69, 9.17) is 4.74 Å². The van der Waals surface area contributed by atoms with Crippen LogP contribution in [0, 0.1) is 0 Å². The van der Waals surface area contributed by atoms with Crippen molar-refractivity contribution in [1.82, 2.24) is 9.62 Å². The number of sulfonamides is 1. The summed E-state index contributed by atoms with van der Waals surface area (Å²) in [6.07, 6.45) is 0. The molecule has 1 N–H and O–H groups in total. The minimum Gasteiger partial charge on any atom is -0.455 e. The minimum absolute atomic E-state index is 0.0889. The first kappa shape index (κ1) is 22.3. The lowest BCUT2D eigenvalue weighted by Gasteiger charge is -2.17. The van der Waals surface area contributed by atoms with Crippen molar-refractivity contribution in [2.24, 2.45) is 0 Å². The van der Waals surface area contributed by atoms with Gasteiger partial charge in [0, 0.05) is 19.2 Å². The van der Waals surface area contributed by atoms with Crippen molar-refractivity contribution in [2.45, 2.75) is 18.4 Å². The van der Waals surface area contributed by atoms with Gasteiger partial charge in [0.25, 0.3) is 5.91 Å². The number of likely N-dealkylation sites (N-methyl/N-ethyl adjacent to an activating group) is 1. The second kappa shape index (κ2) is 9.94. The van der Waals surface area contributed by atoms with E-state index in [1.54, 1.807) is 7.05 Å². The fourth-order valence-corrected chi connectivity index (χ4v) is 3.32. The SMILES string of the molecule is CC(=O)c1ccc(S(=O)(=O)NCC(=O)OCC(=O)N(C)Cc2ccccc2)cc1. The van der Waals surface area contributed by atoms with Crippen molar-refractivity contribution >= 4 is 27.7 Å². The Morgan fingerprint density at radius 2 is 1.62 bits per heavy atom. The van der Waals surface area contributed by atoms with Crippen LogP contribution in [-0.2, 0) is 30.9 Å². The Morgan fingerprint density at radius 3 is 2.21 bits per heavy atom. The monoisotopic (exact) mass is 418 g/mol. The topological polar surface area (TPSA) is 110 Å². The molecular formula is C20H22N2O6S. The summed E-state index contributed by atoms with van der Waals surface area (Å²) in [7, 11) is -2.37. The summed E-state index contributed by atoms with van der Waals surface area (Å²) in [6.45, 7) is 0.625. The molecule has 9 heteroatoms. The number of rotatable bonds is 9. The molecule has 8 nitrogen and oxygen atoms in total. The minimum atomic E-state index is -3.95. The molecule has 0 atom stereocenters. The Morgan fingerprint density at radius 1 is 1.00 bits per heavy atom. The lowest BCUT2D eigenvalue weighted by Crippen LogP contribution is -2.34. The molecule has 0 bridgehead atoms. The average Bonchev–Trinajstić information content (AvgIpc) is 2.71. The van der Waals surface area contributed by atoms with Crippen molar-refractivity contribution in [2.75, 3.05) is 20.2 Å². The fraction of sp³-hybridized carbons (Fsp3) is 0.250. The first-order chi connectivity index (χ1) is 13.7. The molecule has 0 aliphatic rings. The van der Waals surface area contributed by atoms with Crippen molar-refractivity contribution < 1.29 is 27.5 Å². The molecule has 0 radical (unpaired) electrons. The van der Waals surface area contributed by atoms with Gasteiger partial charge in [0.1, 0.15) is 6.54 Å². The Balaban J connectivity index is 1.81. The van der Waals surface area contributed by atoms with Gasteiger partial charge in [0.2, 0.25) is 10.0 Å². The summed E-state index contributed by atoms with van der Waals surface area (Å²) in [6, 6.07) is 14.6. The molecule has 0 heterocycles. The predicted octanol–water partition coefficient (Wildman–Crippen LogP) is 1.37. The van der Waals surface area contributed by atoms with Crippen LogP contribution in [0.4, 0.5) is 0 Å². The number of hydrogen-bond donors (Lipinski definition) is 1. The van der Waals surface area contributed by atoms with Gasteiger partial charge in [0.15, 0.2) is 12.4 Å². The smallest absolute Gasteiger partial charge is 0.321 e. The number of ether oxygens (including phenoxy) is 1. The van der Waals surface area contributed by atoms with Crippen LogP contribution in [0.2, 0.25) is 0 Å². The number of carbonyl (C=O) groups is 3. The third-order valence-corrected chi connectivity index (χ3v) is 5.44. The van der Waals surface area contributed by atoms with Gasteiger partial charge >= 0.3 is 5.97 Å². The second-order valence-corrected chi connectivity index (χ2v) is 8.07. The van der Waals surface area contributed by atoms with Crippen LogP contribution in [-0.4, -0.2) is 51.2 Å². The zero-order valence-corrected chi connectivity index (χ0v) is 16.9. The second-order valence-electron chi connectivity index (χ2n) is 6.30. The van der Waals surface area contributed by atoms with Crippen LogP contribution in [0.15, 0.2) is 59.5 Å². The highest BCUT2D eigenvalue weighted by Crippen LogP contribution is 2.11. The molecule has 2 aromatic rings. The number of benzene rings is 2. The van der Waals surface area contributed by atoms with Crippen LogP contribution in [0.25, 0.3) is 0 Å². The number of esters is 1. The van der Waals surface area contributed by atoms with E-state index in [1.165, 1.54) is 36.1 Å². The number of Topliss-reactive ketones (excluding diaryl/α,β-unsaturated/α-hetero) is 1. The number of nitrogens with one attached hydrogen (secondary N) is 1. The van der Waals surface area contributed by atoms with Crippen molar-refractivity contribution in [1.29, 1.82) is 0 Å². The van der Waals surface area contributed by atoms with Crippen molar-refractivity contribution in [3.8, 4) is 0 Å². The highest BCUT2D eigenvalue weighted by atomic mass is 32.2. The normalized spacial score (nSPS) is 11.0. The molecule has 0 fully saturated rings. The van der Waals surface area contributed by atoms with E-state index in [9.17, 15) is 22.8 Å². The summed E-state index contributed by atoms with van der Waals surface area (Å²) in [5.74, 6) is -1.48. The molecule has 0 aromatic heterocycles. The molecule has 0 saturated carbocycles. The Labute approximate surface area is 169 Å². The van der Waals surface area contributed by atoms with Gasteiger partial charge in [-0.1, -0.05) is 42.5 Å². The van der Waals surface area contributed by atoms with E-state index >= 15 is 0 Å². The van der Waals surface area contributed by atoms with E-state index in [1.807, 2.05) is 30.3 Å². The summed E-state index contributed by atoms with van der Waals surface area (Å²) in [5, 5.41) is 0. The molecule has 0 spiro atoms. The molecule has 0 unspecified atom stereocenters. The molecule has 0 aliphatic heterocycles. The number of ketones is 1. The summed E-state index contributed by atoms with van der Waals surface area (Å²) >= 11 is 0. The third kappa shape index (κ3) is 6.81. The maximum Gasteiger partial charge on any atom is 0.321 e. The molecule has 2 rings (SSSR count). The van der Waals surface area contributed by atoms with Gasteiger partial charge < -0.3 is 9.64 Å². The van der Waals surface area contributed by atoms with Gasteiger partial charge in [-0.05, 0) is 24.6 Å². The van der Waals surface area contributed by atoms with Gasteiger partial charge in [0.05, 0.1) is 4.90 Å². The Hall–Kier alpha value is -3.04. The predicted molar refractivity (Wildman–Crippen MR) is 106 cm³/mol. The first-order valence-electron chi connectivity index (χ1n) is 8.73. The van der Waals surface area contributed by atoms with Gasteiger partial charge in [-0.15, -0.1) is 0 Å². The van der Waals surface area contributed by atoms with Gasteiger partial charge in [-0.2, -0.15) is 4.72 Å². The molecule has 0 saturated heterocycles. The van der Waals surface area contributed by atoms with E-state index in [2.05, 4.69) is 4.72 Å². The maximum atomic E-state index is 12.2. The number of carbonyl (C=O) groups excluding carboxylic acids is 3. The zero-order chi connectivity index (χ0) is 21.4. The molecule has 1 amide bonds. The highest BCUT2D eigenvalue weighted by molar-refractivity contribution is 7.89. The van der Waals surface area contributed by atoms with E-state index in [0.29, 0.717) is 12.1 Å². The quantitative estimate of drug-likeness (QED) is 0.487. The molecule has 29 heavy (non-hydrogen) atoms. The first-order valence-corrected chi connectivity index (χ1v) is 10.2. The van der Waals surface area contributed by atoms with Gasteiger partial charge in [-0.3, -0.25) is 14.4 Å². The van der Waals surface area contributed by atoms with Crippen LogP contribution in [0.1, 0.15) is 22.8 Å². The largest absolute Gasteiger partial charge is 0.455 e. The lowest BCUT2D eigenvalue weighted by atomic mass is 10.2. The zero-order valence-electron chi connectivity index (χ0n) is 16.1. The summed E-state index contributed by atoms with van der Waals surface area (Å²) in [5.41, 5.74) is 1.31. The van der Waals surface area contributed by atoms with Crippen molar-refractivity contribution in [3.05, 3.63) is 65.7 Å². The number of nitrogens with zero attached hydrogens (tertiary/aromatic N) is 1. The molecular weight excluding hydrogens is 396 g/mol. The third-order valence-electron chi connectivity index (χ3n) is 4.02. The number of hydrogen-bond acceptors (Lipinski definition) is 6. The maximum absolute atomic E-state index is 12.2. The van der Waals surface area contributed by atoms with Crippen molar-refractivity contribution in [3.63, 3.8) is 0 Å². The fourth-order valence-electron chi connectivity index (χ4n) is 2.35. The lowest BCUT2D eigenvalue weighted by molar-refractivity contribution is -0.150. The Bertz CT molecular complexity index is 972. The highest BCUT2D eigenvalue weighted by Gasteiger charge is 2.18.